The molecule has 4 nitrogen and oxygen atoms in total. The average molecular weight is 281 g/mol. The summed E-state index contributed by atoms with van der Waals surface area (Å²) in [5.74, 6) is -0.445. The zero-order chi connectivity index (χ0) is 14.7. The van der Waals surface area contributed by atoms with Crippen molar-refractivity contribution in [3.05, 3.63) is 78.5 Å². The SMILES string of the molecule is O=C(Nc1ccccn1)c1cc(F)ccc1-n1cccc1. The Labute approximate surface area is 120 Å². The van der Waals surface area contributed by atoms with Crippen molar-refractivity contribution in [1.82, 2.24) is 9.55 Å². The molecule has 0 fully saturated rings. The maximum atomic E-state index is 13.5. The summed E-state index contributed by atoms with van der Waals surface area (Å²) in [6.07, 6.45) is 5.17. The quantitative estimate of drug-likeness (QED) is 0.801. The average Bonchev–Trinajstić information content (AvgIpc) is 3.02. The normalized spacial score (nSPS) is 10.3. The van der Waals surface area contributed by atoms with Crippen molar-refractivity contribution in [2.75, 3.05) is 5.32 Å². The van der Waals surface area contributed by atoms with E-state index in [4.69, 9.17) is 0 Å². The maximum Gasteiger partial charge on any atom is 0.259 e. The number of carbonyl (C=O) groups is 1. The molecule has 0 aliphatic rings. The van der Waals surface area contributed by atoms with Crippen LogP contribution in [0.3, 0.4) is 0 Å². The Bertz CT molecular complexity index is 754. The van der Waals surface area contributed by atoms with Gasteiger partial charge in [0.2, 0.25) is 0 Å². The lowest BCUT2D eigenvalue weighted by Gasteiger charge is -2.11. The van der Waals surface area contributed by atoms with Crippen molar-refractivity contribution in [1.29, 1.82) is 0 Å². The molecule has 0 spiro atoms. The third kappa shape index (κ3) is 2.81. The van der Waals surface area contributed by atoms with Crippen molar-refractivity contribution in [2.24, 2.45) is 0 Å². The Morgan fingerprint density at radius 1 is 1.10 bits per heavy atom. The lowest BCUT2D eigenvalue weighted by atomic mass is 10.1. The molecule has 0 bridgehead atoms. The molecule has 0 saturated carbocycles. The molecule has 1 N–H and O–H groups in total. The summed E-state index contributed by atoms with van der Waals surface area (Å²) in [5, 5.41) is 2.66. The third-order valence-corrected chi connectivity index (χ3v) is 2.99. The molecular formula is C16H12FN3O. The topological polar surface area (TPSA) is 46.9 Å². The van der Waals surface area contributed by atoms with E-state index in [0.29, 0.717) is 11.5 Å². The molecule has 21 heavy (non-hydrogen) atoms. The lowest BCUT2D eigenvalue weighted by molar-refractivity contribution is 0.102. The monoisotopic (exact) mass is 281 g/mol. The molecule has 1 amide bonds. The van der Waals surface area contributed by atoms with E-state index in [1.165, 1.54) is 12.1 Å². The Hall–Kier alpha value is -2.95. The van der Waals surface area contributed by atoms with E-state index in [2.05, 4.69) is 10.3 Å². The minimum absolute atomic E-state index is 0.247. The molecule has 0 aliphatic carbocycles. The van der Waals surface area contributed by atoms with Crippen LogP contribution in [-0.4, -0.2) is 15.5 Å². The van der Waals surface area contributed by atoms with Gasteiger partial charge in [-0.15, -0.1) is 0 Å². The van der Waals surface area contributed by atoms with E-state index in [1.807, 2.05) is 12.1 Å². The second-order valence-corrected chi connectivity index (χ2v) is 4.42. The summed E-state index contributed by atoms with van der Waals surface area (Å²) < 4.78 is 15.2. The van der Waals surface area contributed by atoms with Crippen LogP contribution in [0.1, 0.15) is 10.4 Å². The third-order valence-electron chi connectivity index (χ3n) is 2.99. The first kappa shape index (κ1) is 13.1. The van der Waals surface area contributed by atoms with E-state index in [1.54, 1.807) is 47.4 Å². The number of nitrogens with zero attached hydrogens (tertiary/aromatic N) is 2. The fourth-order valence-electron chi connectivity index (χ4n) is 2.03. The second-order valence-electron chi connectivity index (χ2n) is 4.42. The van der Waals surface area contributed by atoms with Crippen LogP contribution in [0.15, 0.2) is 67.1 Å². The van der Waals surface area contributed by atoms with Crippen LogP contribution in [0.5, 0.6) is 0 Å². The fraction of sp³-hybridized carbons (Fsp3) is 0. The Morgan fingerprint density at radius 2 is 1.90 bits per heavy atom. The van der Waals surface area contributed by atoms with Gasteiger partial charge in [0.1, 0.15) is 11.6 Å². The van der Waals surface area contributed by atoms with Gasteiger partial charge in [0.15, 0.2) is 0 Å². The first-order valence-electron chi connectivity index (χ1n) is 6.39. The highest BCUT2D eigenvalue weighted by molar-refractivity contribution is 6.06. The van der Waals surface area contributed by atoms with Gasteiger partial charge < -0.3 is 9.88 Å². The van der Waals surface area contributed by atoms with Crippen LogP contribution < -0.4 is 5.32 Å². The Morgan fingerprint density at radius 3 is 2.62 bits per heavy atom. The predicted octanol–water partition coefficient (Wildman–Crippen LogP) is 3.26. The molecule has 2 aromatic heterocycles. The number of halogens is 1. The van der Waals surface area contributed by atoms with Gasteiger partial charge in [-0.3, -0.25) is 4.79 Å². The highest BCUT2D eigenvalue weighted by Crippen LogP contribution is 2.18. The Kier molecular flexibility index (Phi) is 3.47. The molecule has 0 radical (unpaired) electrons. The lowest BCUT2D eigenvalue weighted by Crippen LogP contribution is -2.15. The van der Waals surface area contributed by atoms with Crippen molar-refractivity contribution in [3.63, 3.8) is 0 Å². The van der Waals surface area contributed by atoms with Crippen LogP contribution in [-0.2, 0) is 0 Å². The number of hydrogen-bond donors (Lipinski definition) is 1. The van der Waals surface area contributed by atoms with Crippen molar-refractivity contribution >= 4 is 11.7 Å². The van der Waals surface area contributed by atoms with Gasteiger partial charge >= 0.3 is 0 Å². The highest BCUT2D eigenvalue weighted by atomic mass is 19.1. The van der Waals surface area contributed by atoms with Gasteiger partial charge in [-0.2, -0.15) is 0 Å². The molecule has 5 heteroatoms. The van der Waals surface area contributed by atoms with Crippen molar-refractivity contribution in [2.45, 2.75) is 0 Å². The predicted molar refractivity (Wildman–Crippen MR) is 77.9 cm³/mol. The van der Waals surface area contributed by atoms with Crippen LogP contribution in [0.25, 0.3) is 5.69 Å². The van der Waals surface area contributed by atoms with E-state index in [0.717, 1.165) is 0 Å². The summed E-state index contributed by atoms with van der Waals surface area (Å²) >= 11 is 0. The summed E-state index contributed by atoms with van der Waals surface area (Å²) in [4.78, 5) is 16.4. The van der Waals surface area contributed by atoms with E-state index in [9.17, 15) is 9.18 Å². The first-order valence-corrected chi connectivity index (χ1v) is 6.39. The summed E-state index contributed by atoms with van der Waals surface area (Å²) in [6.45, 7) is 0. The zero-order valence-corrected chi connectivity index (χ0v) is 11.0. The van der Waals surface area contributed by atoms with Crippen molar-refractivity contribution < 1.29 is 9.18 Å². The number of aromatic nitrogens is 2. The number of amides is 1. The van der Waals surface area contributed by atoms with Gasteiger partial charge in [-0.05, 0) is 42.5 Å². The molecular weight excluding hydrogens is 269 g/mol. The molecule has 0 unspecified atom stereocenters. The molecule has 0 saturated heterocycles. The van der Waals surface area contributed by atoms with Crippen molar-refractivity contribution in [3.8, 4) is 5.69 Å². The van der Waals surface area contributed by atoms with E-state index >= 15 is 0 Å². The first-order chi connectivity index (χ1) is 10.2. The number of pyridine rings is 1. The molecule has 3 rings (SSSR count). The number of anilines is 1. The summed E-state index contributed by atoms with van der Waals surface area (Å²) in [5.41, 5.74) is 0.853. The second kappa shape index (κ2) is 5.58. The zero-order valence-electron chi connectivity index (χ0n) is 11.0. The standard InChI is InChI=1S/C16H12FN3O/c17-12-6-7-14(20-9-3-4-10-20)13(11-12)16(21)19-15-5-1-2-8-18-15/h1-11H,(H,18,19,21). The van der Waals surface area contributed by atoms with Crippen LogP contribution in [0, 0.1) is 5.82 Å². The van der Waals surface area contributed by atoms with Crippen LogP contribution in [0.4, 0.5) is 10.2 Å². The molecule has 104 valence electrons. The maximum absolute atomic E-state index is 13.5. The van der Waals surface area contributed by atoms with Gasteiger partial charge in [0.25, 0.3) is 5.91 Å². The van der Waals surface area contributed by atoms with Gasteiger partial charge in [-0.25, -0.2) is 9.37 Å². The summed E-state index contributed by atoms with van der Waals surface area (Å²) in [6, 6.07) is 13.0. The number of rotatable bonds is 3. The molecule has 0 atom stereocenters. The van der Waals surface area contributed by atoms with Crippen LogP contribution in [0.2, 0.25) is 0 Å². The van der Waals surface area contributed by atoms with E-state index in [-0.39, 0.29) is 5.56 Å². The molecule has 0 aliphatic heterocycles. The number of benzene rings is 1. The minimum atomic E-state index is -0.461. The number of hydrogen-bond acceptors (Lipinski definition) is 2. The van der Waals surface area contributed by atoms with E-state index < -0.39 is 11.7 Å². The molecule has 3 aromatic rings. The van der Waals surface area contributed by atoms with Gasteiger partial charge in [0, 0.05) is 18.6 Å². The molecule has 1 aromatic carbocycles. The highest BCUT2D eigenvalue weighted by Gasteiger charge is 2.14. The minimum Gasteiger partial charge on any atom is -0.323 e. The Balaban J connectivity index is 1.97. The number of nitrogens with one attached hydrogen (secondary N) is 1. The van der Waals surface area contributed by atoms with Crippen LogP contribution >= 0.6 is 0 Å². The van der Waals surface area contributed by atoms with Gasteiger partial charge in [-0.1, -0.05) is 6.07 Å². The smallest absolute Gasteiger partial charge is 0.259 e. The largest absolute Gasteiger partial charge is 0.323 e. The number of carbonyl (C=O) groups excluding carboxylic acids is 1. The van der Waals surface area contributed by atoms with Gasteiger partial charge in [0.05, 0.1) is 11.3 Å². The fourth-order valence-corrected chi connectivity index (χ4v) is 2.03. The molecule has 2 heterocycles. The summed E-state index contributed by atoms with van der Waals surface area (Å²) in [7, 11) is 0.